The molecule has 21 heavy (non-hydrogen) atoms. The van der Waals surface area contributed by atoms with Crippen LogP contribution in [0.15, 0.2) is 30.5 Å². The summed E-state index contributed by atoms with van der Waals surface area (Å²) in [7, 11) is 1.93. The van der Waals surface area contributed by atoms with Crippen molar-refractivity contribution in [2.24, 2.45) is 7.05 Å². The second-order valence-corrected chi connectivity index (χ2v) is 5.80. The largest absolute Gasteiger partial charge is 0.328 e. The Labute approximate surface area is 133 Å². The van der Waals surface area contributed by atoms with E-state index >= 15 is 0 Å². The van der Waals surface area contributed by atoms with Crippen molar-refractivity contribution in [3.05, 3.63) is 47.0 Å². The van der Waals surface area contributed by atoms with E-state index in [0.717, 1.165) is 41.9 Å². The minimum absolute atomic E-state index is 0.556. The van der Waals surface area contributed by atoms with Crippen LogP contribution in [-0.2, 0) is 26.4 Å². The molecule has 0 saturated heterocycles. The minimum atomic E-state index is 0.556. The Morgan fingerprint density at radius 3 is 2.76 bits per heavy atom. The predicted octanol–water partition coefficient (Wildman–Crippen LogP) is 3.45. The minimum Gasteiger partial charge on any atom is -0.328 e. The summed E-state index contributed by atoms with van der Waals surface area (Å²) in [6.45, 7) is 0.835. The molecule has 0 radical (unpaired) electrons. The normalized spacial score (nSPS) is 11.4. The Morgan fingerprint density at radius 2 is 2.05 bits per heavy atom. The van der Waals surface area contributed by atoms with E-state index in [1.807, 2.05) is 42.2 Å². The quantitative estimate of drug-likeness (QED) is 0.674. The lowest BCUT2D eigenvalue weighted by atomic mass is 10.3. The Hall–Kier alpha value is -1.52. The van der Waals surface area contributed by atoms with E-state index in [0.29, 0.717) is 10.9 Å². The molecule has 0 saturated carbocycles. The Balaban J connectivity index is 1.92. The molecule has 0 fully saturated rings. The van der Waals surface area contributed by atoms with Crippen LogP contribution >= 0.6 is 23.2 Å². The van der Waals surface area contributed by atoms with E-state index in [2.05, 4.69) is 14.6 Å². The van der Waals surface area contributed by atoms with Crippen LogP contribution in [0.3, 0.4) is 0 Å². The number of imidazole rings is 1. The summed E-state index contributed by atoms with van der Waals surface area (Å²) in [6, 6.07) is 7.84. The van der Waals surface area contributed by atoms with Gasteiger partial charge in [-0.05, 0) is 24.3 Å². The maximum Gasteiger partial charge on any atom is 0.111 e. The van der Waals surface area contributed by atoms with E-state index in [1.165, 1.54) is 0 Å². The van der Waals surface area contributed by atoms with Crippen LogP contribution in [0.5, 0.6) is 0 Å². The lowest BCUT2D eigenvalue weighted by Gasteiger charge is -2.07. The molecule has 0 aliphatic carbocycles. The standard InChI is InChI=1S/C15H16Cl2N4/c1-20-8-5-12(19-20)6-9-21-14-3-2-11(17)10-13(14)18-15(21)4-7-16/h2-3,5,8,10H,4,6-7,9H2,1H3. The molecule has 3 rings (SSSR count). The Bertz CT molecular complexity index is 760. The molecular formula is C15H16Cl2N4. The van der Waals surface area contributed by atoms with Crippen molar-refractivity contribution in [1.82, 2.24) is 19.3 Å². The first kappa shape index (κ1) is 14.4. The first-order valence-corrected chi connectivity index (χ1v) is 7.78. The number of hydrogen-bond donors (Lipinski definition) is 0. The molecule has 3 aromatic rings. The molecule has 0 amide bonds. The number of nitrogens with zero attached hydrogens (tertiary/aromatic N) is 4. The number of aromatic nitrogens is 4. The van der Waals surface area contributed by atoms with Gasteiger partial charge < -0.3 is 4.57 Å². The van der Waals surface area contributed by atoms with Gasteiger partial charge in [0.15, 0.2) is 0 Å². The smallest absolute Gasteiger partial charge is 0.111 e. The summed E-state index contributed by atoms with van der Waals surface area (Å²) in [6.07, 6.45) is 3.57. The molecule has 1 aromatic carbocycles. The summed E-state index contributed by atoms with van der Waals surface area (Å²) in [5.41, 5.74) is 3.09. The summed E-state index contributed by atoms with van der Waals surface area (Å²) >= 11 is 11.9. The van der Waals surface area contributed by atoms with Crippen molar-refractivity contribution in [3.8, 4) is 0 Å². The zero-order chi connectivity index (χ0) is 14.8. The fraction of sp³-hybridized carbons (Fsp3) is 0.333. The molecule has 0 aliphatic rings. The van der Waals surface area contributed by atoms with Crippen molar-refractivity contribution in [1.29, 1.82) is 0 Å². The van der Waals surface area contributed by atoms with Crippen molar-refractivity contribution in [3.63, 3.8) is 0 Å². The molecule has 2 heterocycles. The van der Waals surface area contributed by atoms with E-state index < -0.39 is 0 Å². The first-order valence-electron chi connectivity index (χ1n) is 6.86. The van der Waals surface area contributed by atoms with Gasteiger partial charge in [0.05, 0.1) is 16.7 Å². The average molecular weight is 323 g/mol. The molecule has 2 aromatic heterocycles. The van der Waals surface area contributed by atoms with Gasteiger partial charge >= 0.3 is 0 Å². The fourth-order valence-electron chi connectivity index (χ4n) is 2.50. The van der Waals surface area contributed by atoms with Crippen molar-refractivity contribution in [2.75, 3.05) is 5.88 Å². The highest BCUT2D eigenvalue weighted by molar-refractivity contribution is 6.31. The molecule has 0 atom stereocenters. The van der Waals surface area contributed by atoms with E-state index in [-0.39, 0.29) is 0 Å². The molecule has 0 N–H and O–H groups in total. The van der Waals surface area contributed by atoms with Crippen LogP contribution in [-0.4, -0.2) is 25.2 Å². The van der Waals surface area contributed by atoms with Gasteiger partial charge in [-0.2, -0.15) is 5.10 Å². The van der Waals surface area contributed by atoms with Crippen molar-refractivity contribution in [2.45, 2.75) is 19.4 Å². The monoisotopic (exact) mass is 322 g/mol. The maximum atomic E-state index is 6.04. The van der Waals surface area contributed by atoms with Gasteiger partial charge in [0, 0.05) is 43.5 Å². The SMILES string of the molecule is Cn1ccc(CCn2c(CCCl)nc3cc(Cl)ccc32)n1. The second kappa shape index (κ2) is 6.08. The third-order valence-corrected chi connectivity index (χ3v) is 3.89. The first-order chi connectivity index (χ1) is 10.2. The number of aryl methyl sites for hydroxylation is 4. The highest BCUT2D eigenvalue weighted by Crippen LogP contribution is 2.21. The second-order valence-electron chi connectivity index (χ2n) is 4.98. The van der Waals surface area contributed by atoms with Crippen LogP contribution in [0, 0.1) is 0 Å². The average Bonchev–Trinajstić information content (AvgIpc) is 3.00. The fourth-order valence-corrected chi connectivity index (χ4v) is 2.84. The number of fused-ring (bicyclic) bond motifs is 1. The lowest BCUT2D eigenvalue weighted by Crippen LogP contribution is -2.07. The maximum absolute atomic E-state index is 6.04. The molecule has 0 bridgehead atoms. The summed E-state index contributed by atoms with van der Waals surface area (Å²) in [5, 5.41) is 5.12. The number of alkyl halides is 1. The summed E-state index contributed by atoms with van der Waals surface area (Å²) < 4.78 is 4.03. The number of halogens is 2. The predicted molar refractivity (Wildman–Crippen MR) is 86.1 cm³/mol. The van der Waals surface area contributed by atoms with Crippen LogP contribution in [0.25, 0.3) is 11.0 Å². The molecule has 4 nitrogen and oxygen atoms in total. The summed E-state index contributed by atoms with van der Waals surface area (Å²) in [5.74, 6) is 1.55. The van der Waals surface area contributed by atoms with E-state index in [4.69, 9.17) is 23.2 Å². The highest BCUT2D eigenvalue weighted by atomic mass is 35.5. The van der Waals surface area contributed by atoms with Crippen molar-refractivity contribution < 1.29 is 0 Å². The lowest BCUT2D eigenvalue weighted by molar-refractivity contribution is 0.651. The van der Waals surface area contributed by atoms with Crippen LogP contribution in [0.4, 0.5) is 0 Å². The van der Waals surface area contributed by atoms with Gasteiger partial charge in [0.25, 0.3) is 0 Å². The number of rotatable bonds is 5. The molecule has 0 aliphatic heterocycles. The third kappa shape index (κ3) is 3.06. The summed E-state index contributed by atoms with van der Waals surface area (Å²) in [4.78, 5) is 4.65. The van der Waals surface area contributed by atoms with E-state index in [1.54, 1.807) is 0 Å². The van der Waals surface area contributed by atoms with Gasteiger partial charge in [-0.25, -0.2) is 4.98 Å². The Kier molecular flexibility index (Phi) is 4.17. The van der Waals surface area contributed by atoms with Crippen LogP contribution < -0.4 is 0 Å². The number of hydrogen-bond acceptors (Lipinski definition) is 2. The number of benzene rings is 1. The van der Waals surface area contributed by atoms with Gasteiger partial charge in [-0.15, -0.1) is 11.6 Å². The molecular weight excluding hydrogens is 307 g/mol. The molecule has 0 spiro atoms. The van der Waals surface area contributed by atoms with Gasteiger partial charge in [-0.1, -0.05) is 11.6 Å². The van der Waals surface area contributed by atoms with Crippen molar-refractivity contribution >= 4 is 34.2 Å². The topological polar surface area (TPSA) is 35.6 Å². The van der Waals surface area contributed by atoms with Gasteiger partial charge in [-0.3, -0.25) is 4.68 Å². The zero-order valence-corrected chi connectivity index (χ0v) is 13.3. The molecule has 110 valence electrons. The highest BCUT2D eigenvalue weighted by Gasteiger charge is 2.11. The van der Waals surface area contributed by atoms with Crippen LogP contribution in [0.2, 0.25) is 5.02 Å². The Morgan fingerprint density at radius 1 is 1.19 bits per heavy atom. The third-order valence-electron chi connectivity index (χ3n) is 3.47. The molecule has 6 heteroatoms. The molecule has 0 unspecified atom stereocenters. The zero-order valence-electron chi connectivity index (χ0n) is 11.8. The van der Waals surface area contributed by atoms with Gasteiger partial charge in [0.1, 0.15) is 5.82 Å². The van der Waals surface area contributed by atoms with E-state index in [9.17, 15) is 0 Å². The van der Waals surface area contributed by atoms with Gasteiger partial charge in [0.2, 0.25) is 0 Å². The van der Waals surface area contributed by atoms with Crippen LogP contribution in [0.1, 0.15) is 11.5 Å².